The van der Waals surface area contributed by atoms with Crippen molar-refractivity contribution < 1.29 is 0 Å². The number of unbranched alkanes of at least 4 members (excludes halogenated alkanes) is 1. The Morgan fingerprint density at radius 3 is 2.38 bits per heavy atom. The fourth-order valence-electron chi connectivity index (χ4n) is 0.705. The molecule has 0 bridgehead atoms. The largest absolute Gasteiger partial charge is 0.279 e. The van der Waals surface area contributed by atoms with E-state index in [4.69, 9.17) is 15.8 Å². The zero-order valence-corrected chi connectivity index (χ0v) is 7.27. The highest BCUT2D eigenvalue weighted by molar-refractivity contribution is 5.58. The molecule has 0 aromatic heterocycles. The van der Waals surface area contributed by atoms with Crippen molar-refractivity contribution in [3.8, 4) is 18.2 Å². The van der Waals surface area contributed by atoms with Gasteiger partial charge in [-0.2, -0.15) is 15.8 Å². The summed E-state index contributed by atoms with van der Waals surface area (Å²) >= 11 is 0. The fraction of sp³-hybridized carbons (Fsp3) is 0.556. The average molecular weight is 174 g/mol. The van der Waals surface area contributed by atoms with E-state index in [0.29, 0.717) is 25.7 Å². The fourth-order valence-corrected chi connectivity index (χ4v) is 0.705. The standard InChI is InChI=1S/C9H10N4/c10-5-1-2-7-13-9(8-12)4-3-6-11/h7,9H,1-4H2. The first kappa shape index (κ1) is 11.1. The van der Waals surface area contributed by atoms with Gasteiger partial charge in [-0.15, -0.1) is 0 Å². The highest BCUT2D eigenvalue weighted by Gasteiger charge is 2.01. The lowest BCUT2D eigenvalue weighted by Crippen LogP contribution is -2.00. The van der Waals surface area contributed by atoms with Crippen molar-refractivity contribution in [2.75, 3.05) is 0 Å². The number of hydrogen-bond acceptors (Lipinski definition) is 4. The van der Waals surface area contributed by atoms with Crippen LogP contribution in [0, 0.1) is 34.0 Å². The Morgan fingerprint density at radius 1 is 1.15 bits per heavy atom. The Kier molecular flexibility index (Phi) is 7.06. The molecule has 0 aliphatic heterocycles. The van der Waals surface area contributed by atoms with Gasteiger partial charge in [0, 0.05) is 19.1 Å². The Bertz CT molecular complexity index is 273. The molecule has 0 aliphatic rings. The number of nitriles is 3. The highest BCUT2D eigenvalue weighted by Crippen LogP contribution is 1.99. The molecule has 1 atom stereocenters. The predicted octanol–water partition coefficient (Wildman–Crippen LogP) is 1.56. The van der Waals surface area contributed by atoms with Gasteiger partial charge in [-0.05, 0) is 12.8 Å². The van der Waals surface area contributed by atoms with Gasteiger partial charge >= 0.3 is 0 Å². The van der Waals surface area contributed by atoms with Crippen LogP contribution in [-0.4, -0.2) is 12.3 Å². The van der Waals surface area contributed by atoms with Gasteiger partial charge in [-0.1, -0.05) is 0 Å². The third kappa shape index (κ3) is 6.53. The summed E-state index contributed by atoms with van der Waals surface area (Å²) in [6.45, 7) is 0. The minimum Gasteiger partial charge on any atom is -0.279 e. The first-order chi connectivity index (χ1) is 6.35. The van der Waals surface area contributed by atoms with Crippen LogP contribution in [0.1, 0.15) is 25.7 Å². The SMILES string of the molecule is N#CCCC=NC(C#N)CCC#N. The average Bonchev–Trinajstić information content (AvgIpc) is 2.17. The van der Waals surface area contributed by atoms with Crippen LogP contribution in [0.25, 0.3) is 0 Å². The molecule has 0 saturated carbocycles. The summed E-state index contributed by atoms with van der Waals surface area (Å²) in [6, 6.07) is 5.48. The van der Waals surface area contributed by atoms with E-state index in [0.717, 1.165) is 0 Å². The van der Waals surface area contributed by atoms with Crippen LogP contribution < -0.4 is 0 Å². The summed E-state index contributed by atoms with van der Waals surface area (Å²) in [5, 5.41) is 25.0. The smallest absolute Gasteiger partial charge is 0.137 e. The van der Waals surface area contributed by atoms with Crippen LogP contribution in [0.4, 0.5) is 0 Å². The van der Waals surface area contributed by atoms with Crippen molar-refractivity contribution in [3.05, 3.63) is 0 Å². The van der Waals surface area contributed by atoms with Crippen molar-refractivity contribution in [2.24, 2.45) is 4.99 Å². The van der Waals surface area contributed by atoms with Crippen molar-refractivity contribution in [1.29, 1.82) is 15.8 Å². The Balaban J connectivity index is 3.74. The molecule has 0 heterocycles. The topological polar surface area (TPSA) is 83.7 Å². The zero-order chi connectivity index (χ0) is 9.94. The van der Waals surface area contributed by atoms with Gasteiger partial charge in [0.05, 0.1) is 18.2 Å². The van der Waals surface area contributed by atoms with E-state index >= 15 is 0 Å². The van der Waals surface area contributed by atoms with E-state index in [1.165, 1.54) is 0 Å². The molecule has 4 heteroatoms. The van der Waals surface area contributed by atoms with Gasteiger partial charge in [0.2, 0.25) is 0 Å². The monoisotopic (exact) mass is 174 g/mol. The van der Waals surface area contributed by atoms with Gasteiger partial charge in [0.25, 0.3) is 0 Å². The summed E-state index contributed by atoms with van der Waals surface area (Å²) in [5.74, 6) is 0. The van der Waals surface area contributed by atoms with E-state index in [2.05, 4.69) is 4.99 Å². The third-order valence-electron chi connectivity index (χ3n) is 1.35. The Hall–Kier alpha value is -1.86. The van der Waals surface area contributed by atoms with Crippen LogP contribution in [0.2, 0.25) is 0 Å². The van der Waals surface area contributed by atoms with Crippen molar-refractivity contribution >= 4 is 6.21 Å². The van der Waals surface area contributed by atoms with E-state index in [-0.39, 0.29) is 0 Å². The second-order valence-electron chi connectivity index (χ2n) is 2.37. The van der Waals surface area contributed by atoms with Crippen LogP contribution in [0.3, 0.4) is 0 Å². The molecule has 0 aromatic rings. The lowest BCUT2D eigenvalue weighted by molar-refractivity contribution is 0.752. The van der Waals surface area contributed by atoms with Crippen LogP contribution >= 0.6 is 0 Å². The Labute approximate surface area is 77.7 Å². The molecule has 0 N–H and O–H groups in total. The molecule has 0 saturated heterocycles. The van der Waals surface area contributed by atoms with E-state index < -0.39 is 6.04 Å². The van der Waals surface area contributed by atoms with Gasteiger partial charge < -0.3 is 0 Å². The zero-order valence-electron chi connectivity index (χ0n) is 7.27. The molecule has 0 spiro atoms. The molecule has 13 heavy (non-hydrogen) atoms. The van der Waals surface area contributed by atoms with Gasteiger partial charge in [-0.3, -0.25) is 4.99 Å². The van der Waals surface area contributed by atoms with Crippen LogP contribution in [0.5, 0.6) is 0 Å². The van der Waals surface area contributed by atoms with Crippen molar-refractivity contribution in [1.82, 2.24) is 0 Å². The number of aliphatic imine (C=N–C) groups is 1. The lowest BCUT2D eigenvalue weighted by Gasteiger charge is -1.97. The molecular weight excluding hydrogens is 164 g/mol. The number of nitrogens with zero attached hydrogens (tertiary/aromatic N) is 4. The molecule has 0 radical (unpaired) electrons. The summed E-state index contributed by atoms with van der Waals surface area (Å²) in [6.07, 6.45) is 3.37. The van der Waals surface area contributed by atoms with Crippen LogP contribution in [0.15, 0.2) is 4.99 Å². The van der Waals surface area contributed by atoms with Gasteiger partial charge in [-0.25, -0.2) is 0 Å². The van der Waals surface area contributed by atoms with E-state index in [9.17, 15) is 0 Å². The second kappa shape index (κ2) is 8.24. The molecule has 0 amide bonds. The summed E-state index contributed by atoms with van der Waals surface area (Å²) in [4.78, 5) is 3.93. The van der Waals surface area contributed by atoms with Crippen molar-refractivity contribution in [2.45, 2.75) is 31.7 Å². The normalized spacial score (nSPS) is 11.5. The Morgan fingerprint density at radius 2 is 1.85 bits per heavy atom. The summed E-state index contributed by atoms with van der Waals surface area (Å²) in [7, 11) is 0. The van der Waals surface area contributed by atoms with Gasteiger partial charge in [0.1, 0.15) is 6.04 Å². The first-order valence-electron chi connectivity index (χ1n) is 4.00. The molecule has 4 nitrogen and oxygen atoms in total. The van der Waals surface area contributed by atoms with Crippen molar-refractivity contribution in [3.63, 3.8) is 0 Å². The maximum Gasteiger partial charge on any atom is 0.137 e. The lowest BCUT2D eigenvalue weighted by atomic mass is 10.2. The third-order valence-corrected chi connectivity index (χ3v) is 1.35. The second-order valence-corrected chi connectivity index (χ2v) is 2.37. The summed E-state index contributed by atoms with van der Waals surface area (Å²) < 4.78 is 0. The molecular formula is C9H10N4. The quantitative estimate of drug-likeness (QED) is 0.468. The molecule has 0 aromatic carbocycles. The number of rotatable bonds is 5. The van der Waals surface area contributed by atoms with E-state index in [1.807, 2.05) is 18.2 Å². The molecule has 66 valence electrons. The van der Waals surface area contributed by atoms with E-state index in [1.54, 1.807) is 6.21 Å². The predicted molar refractivity (Wildman–Crippen MR) is 47.6 cm³/mol. The first-order valence-corrected chi connectivity index (χ1v) is 4.00. The molecule has 1 unspecified atom stereocenters. The maximum absolute atomic E-state index is 8.57. The molecule has 0 fully saturated rings. The molecule has 0 aliphatic carbocycles. The summed E-state index contributed by atoms with van der Waals surface area (Å²) in [5.41, 5.74) is 0. The number of hydrogen-bond donors (Lipinski definition) is 0. The van der Waals surface area contributed by atoms with Gasteiger partial charge in [0.15, 0.2) is 0 Å². The molecule has 0 rings (SSSR count). The maximum atomic E-state index is 8.57. The highest BCUT2D eigenvalue weighted by atomic mass is 14.8. The minimum atomic E-state index is -0.432. The van der Waals surface area contributed by atoms with Crippen LogP contribution in [-0.2, 0) is 0 Å². The minimum absolute atomic E-state index is 0.341.